The van der Waals surface area contributed by atoms with Gasteiger partial charge in [0.2, 0.25) is 10.0 Å². The molecule has 0 amide bonds. The van der Waals surface area contributed by atoms with E-state index in [-0.39, 0.29) is 10.7 Å². The molecule has 1 aromatic carbocycles. The molecule has 0 aliphatic rings. The highest BCUT2D eigenvalue weighted by atomic mass is 32.2. The van der Waals surface area contributed by atoms with Gasteiger partial charge in [0.25, 0.3) is 0 Å². The van der Waals surface area contributed by atoms with Crippen LogP contribution in [-0.4, -0.2) is 13.6 Å². The van der Waals surface area contributed by atoms with Crippen LogP contribution in [-0.2, 0) is 10.0 Å². The first-order chi connectivity index (χ1) is 10.8. The first-order valence-corrected chi connectivity index (χ1v) is 8.73. The summed E-state index contributed by atoms with van der Waals surface area (Å²) in [5.41, 5.74) is 2.00. The number of aryl methyl sites for hydroxylation is 3. The number of hydrogen-bond acceptors (Lipinski definition) is 5. The molecule has 0 fully saturated rings. The van der Waals surface area contributed by atoms with Crippen molar-refractivity contribution in [2.45, 2.75) is 38.6 Å². The predicted molar refractivity (Wildman–Crippen MR) is 85.7 cm³/mol. The number of aromatic nitrogens is 1. The number of hydrogen-bond donors (Lipinski definition) is 1. The second kappa shape index (κ2) is 5.50. The van der Waals surface area contributed by atoms with Crippen LogP contribution in [0.25, 0.3) is 11.0 Å². The molecule has 0 saturated heterocycles. The minimum Gasteiger partial charge on any atom is -0.459 e. The Morgan fingerprint density at radius 3 is 2.48 bits per heavy atom. The van der Waals surface area contributed by atoms with Gasteiger partial charge in [0.15, 0.2) is 5.76 Å². The molecule has 0 saturated carbocycles. The first-order valence-electron chi connectivity index (χ1n) is 7.24. The fourth-order valence-corrected chi connectivity index (χ4v) is 4.34. The molecule has 6 nitrogen and oxygen atoms in total. The third-order valence-electron chi connectivity index (χ3n) is 3.84. The molecule has 3 aromatic rings. The standard InChI is InChI=1S/C16H18N2O4S/c1-9-13-7-5-6-8-14(13)21-15(9)10(2)18-23(19,20)16-11(3)17-22-12(16)4/h5-8,10,18H,1-4H3/t10-/m0/s1. The maximum Gasteiger partial charge on any atom is 0.246 e. The van der Waals surface area contributed by atoms with Gasteiger partial charge >= 0.3 is 0 Å². The van der Waals surface area contributed by atoms with Crippen molar-refractivity contribution < 1.29 is 17.4 Å². The normalized spacial score (nSPS) is 13.6. The van der Waals surface area contributed by atoms with Crippen LogP contribution in [0, 0.1) is 20.8 Å². The fourth-order valence-electron chi connectivity index (χ4n) is 2.81. The van der Waals surface area contributed by atoms with Crippen LogP contribution in [0.15, 0.2) is 38.1 Å². The highest BCUT2D eigenvalue weighted by Gasteiger charge is 2.28. The van der Waals surface area contributed by atoms with Crippen molar-refractivity contribution in [1.82, 2.24) is 9.88 Å². The number of sulfonamides is 1. The van der Waals surface area contributed by atoms with Crippen LogP contribution >= 0.6 is 0 Å². The van der Waals surface area contributed by atoms with Gasteiger partial charge in [-0.3, -0.25) is 0 Å². The van der Waals surface area contributed by atoms with Crippen molar-refractivity contribution >= 4 is 21.0 Å². The van der Waals surface area contributed by atoms with Crippen LogP contribution in [0.4, 0.5) is 0 Å². The first kappa shape index (κ1) is 15.8. The summed E-state index contributed by atoms with van der Waals surface area (Å²) in [6.07, 6.45) is 0. The third kappa shape index (κ3) is 2.66. The average Bonchev–Trinajstić information content (AvgIpc) is 3.00. The van der Waals surface area contributed by atoms with E-state index in [1.165, 1.54) is 0 Å². The van der Waals surface area contributed by atoms with Gasteiger partial charge < -0.3 is 8.94 Å². The van der Waals surface area contributed by atoms with Crippen LogP contribution in [0.2, 0.25) is 0 Å². The molecule has 23 heavy (non-hydrogen) atoms. The average molecular weight is 334 g/mol. The summed E-state index contributed by atoms with van der Waals surface area (Å²) in [6.45, 7) is 6.84. The molecule has 1 atom stereocenters. The van der Waals surface area contributed by atoms with Crippen LogP contribution < -0.4 is 4.72 Å². The van der Waals surface area contributed by atoms with E-state index >= 15 is 0 Å². The molecule has 7 heteroatoms. The Labute approximate surface area is 134 Å². The van der Waals surface area contributed by atoms with Crippen molar-refractivity contribution in [1.29, 1.82) is 0 Å². The van der Waals surface area contributed by atoms with E-state index in [1.54, 1.807) is 20.8 Å². The SMILES string of the molecule is Cc1noc(C)c1S(=O)(=O)N[C@@H](C)c1oc2ccccc2c1C. The quantitative estimate of drug-likeness (QED) is 0.790. The molecule has 0 radical (unpaired) electrons. The predicted octanol–water partition coefficient (Wildman–Crippen LogP) is 3.39. The monoisotopic (exact) mass is 334 g/mol. The maximum atomic E-state index is 12.6. The van der Waals surface area contributed by atoms with E-state index in [0.29, 0.717) is 11.5 Å². The molecule has 0 unspecified atom stereocenters. The lowest BCUT2D eigenvalue weighted by molar-refractivity contribution is 0.390. The summed E-state index contributed by atoms with van der Waals surface area (Å²) >= 11 is 0. The molecule has 0 bridgehead atoms. The lowest BCUT2D eigenvalue weighted by atomic mass is 10.1. The summed E-state index contributed by atoms with van der Waals surface area (Å²) in [5.74, 6) is 0.866. The molecule has 0 aliphatic heterocycles. The summed E-state index contributed by atoms with van der Waals surface area (Å²) < 4.78 is 38.6. The second-order valence-corrected chi connectivity index (χ2v) is 7.23. The summed E-state index contributed by atoms with van der Waals surface area (Å²) in [4.78, 5) is 0.0816. The number of benzene rings is 1. The van der Waals surface area contributed by atoms with Crippen LogP contribution in [0.3, 0.4) is 0 Å². The van der Waals surface area contributed by atoms with Crippen molar-refractivity contribution in [3.8, 4) is 0 Å². The Morgan fingerprint density at radius 1 is 1.17 bits per heavy atom. The molecule has 122 valence electrons. The van der Waals surface area contributed by atoms with Gasteiger partial charge in [0.05, 0.1) is 6.04 Å². The lowest BCUT2D eigenvalue weighted by Crippen LogP contribution is -2.27. The lowest BCUT2D eigenvalue weighted by Gasteiger charge is -2.12. The minimum absolute atomic E-state index is 0.0816. The number of nitrogens with one attached hydrogen (secondary N) is 1. The Balaban J connectivity index is 1.97. The third-order valence-corrected chi connectivity index (χ3v) is 5.63. The fraction of sp³-hybridized carbons (Fsp3) is 0.312. The van der Waals surface area contributed by atoms with E-state index in [1.807, 2.05) is 31.2 Å². The minimum atomic E-state index is -3.75. The van der Waals surface area contributed by atoms with Crippen molar-refractivity contribution in [2.75, 3.05) is 0 Å². The molecular weight excluding hydrogens is 316 g/mol. The summed E-state index contributed by atoms with van der Waals surface area (Å²) in [5, 5.41) is 4.67. The van der Waals surface area contributed by atoms with Gasteiger partial charge in [-0.1, -0.05) is 23.4 Å². The van der Waals surface area contributed by atoms with Crippen LogP contribution in [0.5, 0.6) is 0 Å². The zero-order valence-corrected chi connectivity index (χ0v) is 14.2. The van der Waals surface area contributed by atoms with Gasteiger partial charge in [0.1, 0.15) is 21.9 Å². The topological polar surface area (TPSA) is 85.3 Å². The molecule has 0 spiro atoms. The largest absolute Gasteiger partial charge is 0.459 e. The Bertz CT molecular complexity index is 950. The number of rotatable bonds is 4. The van der Waals surface area contributed by atoms with E-state index < -0.39 is 16.1 Å². The van der Waals surface area contributed by atoms with E-state index in [4.69, 9.17) is 8.94 Å². The highest BCUT2D eigenvalue weighted by Crippen LogP contribution is 2.30. The van der Waals surface area contributed by atoms with Gasteiger partial charge in [0, 0.05) is 10.9 Å². The zero-order valence-electron chi connectivity index (χ0n) is 13.4. The van der Waals surface area contributed by atoms with Gasteiger partial charge in [-0.05, 0) is 33.8 Å². The summed E-state index contributed by atoms with van der Waals surface area (Å²) in [6, 6.07) is 7.11. The zero-order chi connectivity index (χ0) is 16.8. The Hall–Kier alpha value is -2.12. The number of para-hydroxylation sites is 1. The smallest absolute Gasteiger partial charge is 0.246 e. The number of furan rings is 1. The Kier molecular flexibility index (Phi) is 3.77. The van der Waals surface area contributed by atoms with Crippen molar-refractivity contribution in [3.05, 3.63) is 47.0 Å². The summed E-state index contributed by atoms with van der Waals surface area (Å²) in [7, 11) is -3.75. The van der Waals surface area contributed by atoms with Gasteiger partial charge in [-0.15, -0.1) is 0 Å². The van der Waals surface area contributed by atoms with Crippen molar-refractivity contribution in [3.63, 3.8) is 0 Å². The Morgan fingerprint density at radius 2 is 1.87 bits per heavy atom. The highest BCUT2D eigenvalue weighted by molar-refractivity contribution is 7.89. The second-order valence-electron chi connectivity index (χ2n) is 5.58. The van der Waals surface area contributed by atoms with E-state index in [9.17, 15) is 8.42 Å². The molecule has 3 rings (SSSR count). The molecule has 0 aliphatic carbocycles. The van der Waals surface area contributed by atoms with E-state index in [2.05, 4.69) is 9.88 Å². The molecule has 1 N–H and O–H groups in total. The molecule has 2 aromatic heterocycles. The van der Waals surface area contributed by atoms with Gasteiger partial charge in [-0.2, -0.15) is 0 Å². The number of nitrogens with zero attached hydrogens (tertiary/aromatic N) is 1. The number of fused-ring (bicyclic) bond motifs is 1. The van der Waals surface area contributed by atoms with Crippen molar-refractivity contribution in [2.24, 2.45) is 0 Å². The van der Waals surface area contributed by atoms with Crippen LogP contribution in [0.1, 0.15) is 35.7 Å². The van der Waals surface area contributed by atoms with Gasteiger partial charge in [-0.25, -0.2) is 13.1 Å². The van der Waals surface area contributed by atoms with E-state index in [0.717, 1.165) is 16.5 Å². The molecule has 2 heterocycles. The molecular formula is C16H18N2O4S. The maximum absolute atomic E-state index is 12.6.